The van der Waals surface area contributed by atoms with E-state index in [0.29, 0.717) is 12.8 Å². The lowest BCUT2D eigenvalue weighted by Gasteiger charge is -2.17. The summed E-state index contributed by atoms with van der Waals surface area (Å²) in [7, 11) is 1.48. The molecule has 1 aromatic carbocycles. The summed E-state index contributed by atoms with van der Waals surface area (Å²) in [6.07, 6.45) is 2.94. The van der Waals surface area contributed by atoms with Gasteiger partial charge in [-0.1, -0.05) is 36.4 Å². The van der Waals surface area contributed by atoms with E-state index in [-0.39, 0.29) is 26.7 Å². The summed E-state index contributed by atoms with van der Waals surface area (Å²) in [5.41, 5.74) is 0.765. The summed E-state index contributed by atoms with van der Waals surface area (Å²) in [6, 6.07) is 9.23. The predicted octanol–water partition coefficient (Wildman–Crippen LogP) is 3.10. The third-order valence-electron chi connectivity index (χ3n) is 3.40. The zero-order chi connectivity index (χ0) is 16.4. The van der Waals surface area contributed by atoms with Crippen molar-refractivity contribution in [3.05, 3.63) is 48.6 Å². The van der Waals surface area contributed by atoms with E-state index in [1.807, 2.05) is 30.3 Å². The summed E-state index contributed by atoms with van der Waals surface area (Å²) in [5, 5.41) is 0. The Morgan fingerprint density at radius 3 is 2.43 bits per heavy atom. The Kier molecular flexibility index (Phi) is 10.7. The number of methoxy groups -OCH3 is 1. The standard InChI is InChI=1S/C18H24O4.B/c1-4-8-15(13-14(2)19)11-12-22-18(20)17(21-3)16-9-6-5-7-10-16;/h4-7,9-10,15,17H,1,8,11-13H2,2-3H3;. The largest absolute Gasteiger partial charge is 0.463 e. The number of ketones is 1. The van der Waals surface area contributed by atoms with E-state index in [4.69, 9.17) is 9.47 Å². The fourth-order valence-electron chi connectivity index (χ4n) is 2.34. The summed E-state index contributed by atoms with van der Waals surface area (Å²) in [6.45, 7) is 5.54. The van der Waals surface area contributed by atoms with Crippen molar-refractivity contribution in [2.75, 3.05) is 13.7 Å². The van der Waals surface area contributed by atoms with Gasteiger partial charge in [0.25, 0.3) is 0 Å². The van der Waals surface area contributed by atoms with Crippen molar-refractivity contribution in [2.24, 2.45) is 5.92 Å². The lowest BCUT2D eigenvalue weighted by atomic mass is 9.96. The molecule has 0 amide bonds. The Morgan fingerprint density at radius 2 is 1.91 bits per heavy atom. The smallest absolute Gasteiger partial charge is 0.339 e. The van der Waals surface area contributed by atoms with Gasteiger partial charge in [-0.3, -0.25) is 0 Å². The Balaban J connectivity index is 0.00000484. The van der Waals surface area contributed by atoms with Crippen molar-refractivity contribution in [1.29, 1.82) is 0 Å². The highest BCUT2D eigenvalue weighted by molar-refractivity contribution is 5.77. The predicted molar refractivity (Wildman–Crippen MR) is 91.1 cm³/mol. The van der Waals surface area contributed by atoms with Crippen molar-refractivity contribution < 1.29 is 19.1 Å². The van der Waals surface area contributed by atoms with Gasteiger partial charge in [-0.05, 0) is 31.2 Å². The molecule has 0 aliphatic heterocycles. The number of benzene rings is 1. The molecule has 3 radical (unpaired) electrons. The quantitative estimate of drug-likeness (QED) is 0.378. The number of esters is 1. The molecule has 1 rings (SSSR count). The molecule has 0 aromatic heterocycles. The normalized spacial score (nSPS) is 12.6. The van der Waals surface area contributed by atoms with Crippen molar-refractivity contribution in [3.8, 4) is 0 Å². The van der Waals surface area contributed by atoms with Crippen LogP contribution in [0.5, 0.6) is 0 Å². The van der Waals surface area contributed by atoms with Crippen LogP contribution in [0.25, 0.3) is 0 Å². The Hall–Kier alpha value is -1.88. The van der Waals surface area contributed by atoms with Crippen LogP contribution < -0.4 is 0 Å². The maximum absolute atomic E-state index is 12.1. The van der Waals surface area contributed by atoms with Crippen molar-refractivity contribution in [1.82, 2.24) is 0 Å². The molecule has 4 nitrogen and oxygen atoms in total. The molecule has 0 saturated carbocycles. The van der Waals surface area contributed by atoms with Gasteiger partial charge >= 0.3 is 5.97 Å². The van der Waals surface area contributed by atoms with Crippen molar-refractivity contribution in [3.63, 3.8) is 0 Å². The zero-order valence-electron chi connectivity index (χ0n) is 13.9. The van der Waals surface area contributed by atoms with Crippen LogP contribution in [0.1, 0.15) is 37.9 Å². The number of carbonyl (C=O) groups is 2. The summed E-state index contributed by atoms with van der Waals surface area (Å²) in [4.78, 5) is 23.3. The molecule has 123 valence electrons. The number of rotatable bonds is 10. The second kappa shape index (κ2) is 11.7. The summed E-state index contributed by atoms with van der Waals surface area (Å²) < 4.78 is 10.5. The van der Waals surface area contributed by atoms with Gasteiger partial charge in [0.2, 0.25) is 0 Å². The van der Waals surface area contributed by atoms with Gasteiger partial charge in [0.1, 0.15) is 5.78 Å². The third kappa shape index (κ3) is 7.79. The van der Waals surface area contributed by atoms with Gasteiger partial charge < -0.3 is 14.3 Å². The second-order valence-electron chi connectivity index (χ2n) is 5.28. The zero-order valence-corrected chi connectivity index (χ0v) is 13.9. The topological polar surface area (TPSA) is 52.6 Å². The van der Waals surface area contributed by atoms with E-state index >= 15 is 0 Å². The van der Waals surface area contributed by atoms with E-state index in [9.17, 15) is 9.59 Å². The first-order chi connectivity index (χ1) is 10.6. The molecule has 0 spiro atoms. The van der Waals surface area contributed by atoms with E-state index in [1.165, 1.54) is 7.11 Å². The molecule has 1 aromatic rings. The fourth-order valence-corrected chi connectivity index (χ4v) is 2.34. The van der Waals surface area contributed by atoms with Crippen LogP contribution >= 0.6 is 0 Å². The van der Waals surface area contributed by atoms with Crippen LogP contribution in [-0.2, 0) is 19.1 Å². The fraction of sp³-hybridized carbons (Fsp3) is 0.444. The maximum Gasteiger partial charge on any atom is 0.339 e. The molecule has 0 bridgehead atoms. The van der Waals surface area contributed by atoms with E-state index in [0.717, 1.165) is 12.0 Å². The first-order valence-electron chi connectivity index (χ1n) is 7.43. The van der Waals surface area contributed by atoms with Gasteiger partial charge in [0.05, 0.1) is 6.61 Å². The number of allylic oxidation sites excluding steroid dienone is 1. The molecule has 2 atom stereocenters. The first kappa shape index (κ1) is 21.1. The highest BCUT2D eigenvalue weighted by Gasteiger charge is 2.21. The molecule has 0 N–H and O–H groups in total. The highest BCUT2D eigenvalue weighted by atomic mass is 16.6. The number of ether oxygens (including phenoxy) is 2. The minimum atomic E-state index is -0.716. The first-order valence-corrected chi connectivity index (χ1v) is 7.43. The Morgan fingerprint density at radius 1 is 1.26 bits per heavy atom. The molecule has 0 heterocycles. The van der Waals surface area contributed by atoms with Gasteiger partial charge in [-0.25, -0.2) is 4.79 Å². The van der Waals surface area contributed by atoms with Crippen molar-refractivity contribution in [2.45, 2.75) is 32.3 Å². The van der Waals surface area contributed by atoms with Gasteiger partial charge in [0.15, 0.2) is 6.10 Å². The highest BCUT2D eigenvalue weighted by Crippen LogP contribution is 2.19. The van der Waals surface area contributed by atoms with Gasteiger partial charge in [-0.15, -0.1) is 6.58 Å². The molecule has 23 heavy (non-hydrogen) atoms. The number of hydrogen-bond donors (Lipinski definition) is 0. The lowest BCUT2D eigenvalue weighted by molar-refractivity contribution is -0.156. The molecule has 0 saturated heterocycles. The molecule has 2 unspecified atom stereocenters. The monoisotopic (exact) mass is 315 g/mol. The van der Waals surface area contributed by atoms with Gasteiger partial charge in [-0.2, -0.15) is 0 Å². The second-order valence-corrected chi connectivity index (χ2v) is 5.28. The molecule has 0 aliphatic rings. The third-order valence-corrected chi connectivity index (χ3v) is 3.40. The Bertz CT molecular complexity index is 487. The lowest BCUT2D eigenvalue weighted by Crippen LogP contribution is -2.19. The molecule has 0 aliphatic carbocycles. The van der Waals surface area contributed by atoms with E-state index < -0.39 is 12.1 Å². The van der Waals surface area contributed by atoms with E-state index in [1.54, 1.807) is 13.0 Å². The minimum Gasteiger partial charge on any atom is -0.463 e. The summed E-state index contributed by atoms with van der Waals surface area (Å²) in [5.74, 6) is -0.105. The van der Waals surface area contributed by atoms with Gasteiger partial charge in [0, 0.05) is 21.9 Å². The average Bonchev–Trinajstić information content (AvgIpc) is 2.48. The number of carbonyl (C=O) groups excluding carboxylic acids is 2. The molecule has 0 fully saturated rings. The number of Topliss-reactive ketones (excluding diaryl/α,β-unsaturated/α-hetero) is 1. The molecular weight excluding hydrogens is 291 g/mol. The van der Waals surface area contributed by atoms with Crippen LogP contribution in [0.2, 0.25) is 0 Å². The van der Waals surface area contributed by atoms with Crippen LogP contribution in [0.4, 0.5) is 0 Å². The van der Waals surface area contributed by atoms with Crippen LogP contribution in [0.15, 0.2) is 43.0 Å². The van der Waals surface area contributed by atoms with Crippen LogP contribution in [0, 0.1) is 5.92 Å². The summed E-state index contributed by atoms with van der Waals surface area (Å²) >= 11 is 0. The average molecular weight is 315 g/mol. The maximum atomic E-state index is 12.1. The Labute approximate surface area is 140 Å². The van der Waals surface area contributed by atoms with E-state index in [2.05, 4.69) is 6.58 Å². The number of hydrogen-bond acceptors (Lipinski definition) is 4. The minimum absolute atomic E-state index is 0. The molecule has 5 heteroatoms. The van der Waals surface area contributed by atoms with Crippen LogP contribution in [0.3, 0.4) is 0 Å². The van der Waals surface area contributed by atoms with Crippen molar-refractivity contribution >= 4 is 20.2 Å². The molecular formula is C18H24BO4. The SMILES string of the molecule is C=CCC(CCOC(=O)C(OC)c1ccccc1)CC(C)=O.[B]. The van der Waals surface area contributed by atoms with Crippen LogP contribution in [-0.4, -0.2) is 33.9 Å².